The lowest BCUT2D eigenvalue weighted by Crippen LogP contribution is -2.10. The number of benzene rings is 9. The highest BCUT2D eigenvalue weighted by Crippen LogP contribution is 2.43. The smallest absolute Gasteiger partial charge is 0.143 e. The molecule has 0 saturated carbocycles. The first-order valence-electron chi connectivity index (χ1n) is 17.1. The molecule has 0 unspecified atom stereocenters. The minimum Gasteiger partial charge on any atom is -0.455 e. The molecule has 50 heavy (non-hydrogen) atoms. The van der Waals surface area contributed by atoms with Crippen LogP contribution < -0.4 is 4.90 Å². The third-order valence-electron chi connectivity index (χ3n) is 10.0. The quantitative estimate of drug-likeness (QED) is 0.187. The molecule has 0 saturated heterocycles. The summed E-state index contributed by atoms with van der Waals surface area (Å²) in [7, 11) is 0. The molecule has 0 bridgehead atoms. The van der Waals surface area contributed by atoms with E-state index in [-0.39, 0.29) is 0 Å². The Hall–Kier alpha value is -6.64. The Morgan fingerprint density at radius 1 is 0.360 bits per heavy atom. The summed E-state index contributed by atoms with van der Waals surface area (Å²) in [6.45, 7) is 0. The van der Waals surface area contributed by atoms with E-state index in [1.54, 1.807) is 0 Å². The Bertz CT molecular complexity index is 2860. The zero-order valence-corrected chi connectivity index (χ0v) is 27.3. The third kappa shape index (κ3) is 4.65. The molecule has 0 atom stereocenters. The largest absolute Gasteiger partial charge is 0.455 e. The maximum atomic E-state index is 6.50. The normalized spacial score (nSPS) is 11.6. The van der Waals surface area contributed by atoms with Crippen LogP contribution in [0, 0.1) is 0 Å². The fourth-order valence-corrected chi connectivity index (χ4v) is 7.59. The van der Waals surface area contributed by atoms with Crippen LogP contribution in [0.1, 0.15) is 0 Å². The van der Waals surface area contributed by atoms with E-state index in [0.717, 1.165) is 50.0 Å². The summed E-state index contributed by atoms with van der Waals surface area (Å²) in [5, 5.41) is 9.54. The molecule has 2 nitrogen and oxygen atoms in total. The lowest BCUT2D eigenvalue weighted by atomic mass is 9.97. The van der Waals surface area contributed by atoms with E-state index in [1.165, 1.54) is 43.6 Å². The number of nitrogens with zero attached hydrogens (tertiary/aromatic N) is 1. The highest BCUT2D eigenvalue weighted by Gasteiger charge is 2.18. The van der Waals surface area contributed by atoms with Gasteiger partial charge in [0, 0.05) is 32.9 Å². The zero-order valence-electron chi connectivity index (χ0n) is 27.3. The average Bonchev–Trinajstić information content (AvgIpc) is 3.58. The lowest BCUT2D eigenvalue weighted by Gasteiger charge is -2.27. The number of hydrogen-bond acceptors (Lipinski definition) is 2. The average molecular weight is 638 g/mol. The minimum absolute atomic E-state index is 0.904. The Morgan fingerprint density at radius 3 is 1.72 bits per heavy atom. The van der Waals surface area contributed by atoms with Gasteiger partial charge in [0.05, 0.1) is 5.69 Å². The van der Waals surface area contributed by atoms with E-state index in [1.807, 2.05) is 0 Å². The van der Waals surface area contributed by atoms with E-state index < -0.39 is 0 Å². The van der Waals surface area contributed by atoms with Gasteiger partial charge in [-0.25, -0.2) is 0 Å². The number of hydrogen-bond donors (Lipinski definition) is 0. The van der Waals surface area contributed by atoms with Gasteiger partial charge in [-0.2, -0.15) is 0 Å². The molecule has 0 aliphatic heterocycles. The number of fused-ring (bicyclic) bond motifs is 7. The van der Waals surface area contributed by atoms with Crippen molar-refractivity contribution in [3.8, 4) is 22.3 Å². The van der Waals surface area contributed by atoms with Crippen molar-refractivity contribution in [2.75, 3.05) is 4.90 Å². The summed E-state index contributed by atoms with van der Waals surface area (Å²) in [5.41, 5.74) is 9.92. The van der Waals surface area contributed by atoms with Gasteiger partial charge in [0.15, 0.2) is 0 Å². The second kappa shape index (κ2) is 11.5. The van der Waals surface area contributed by atoms with Crippen molar-refractivity contribution in [2.45, 2.75) is 0 Å². The molecule has 10 aromatic rings. The van der Waals surface area contributed by atoms with Crippen LogP contribution >= 0.6 is 0 Å². The van der Waals surface area contributed by atoms with E-state index in [4.69, 9.17) is 4.42 Å². The molecular formula is C48H31NO. The Morgan fingerprint density at radius 2 is 0.940 bits per heavy atom. The SMILES string of the molecule is c1ccc2cc(-c3ccc(N(c4ccc(-c5cccc6oc7c8ccccc8ccc7c56)cc4)c4cccc5ccccc45)cc3)ccc2c1. The molecule has 0 amide bonds. The van der Waals surface area contributed by atoms with Crippen molar-refractivity contribution < 1.29 is 4.42 Å². The van der Waals surface area contributed by atoms with Crippen LogP contribution in [0.4, 0.5) is 17.1 Å². The van der Waals surface area contributed by atoms with Gasteiger partial charge in [-0.15, -0.1) is 0 Å². The Labute approximate surface area is 290 Å². The van der Waals surface area contributed by atoms with Crippen molar-refractivity contribution in [1.82, 2.24) is 0 Å². The molecular weight excluding hydrogens is 607 g/mol. The molecule has 0 radical (unpaired) electrons. The van der Waals surface area contributed by atoms with Gasteiger partial charge in [0.25, 0.3) is 0 Å². The molecule has 1 aromatic heterocycles. The van der Waals surface area contributed by atoms with Crippen LogP contribution in [0.5, 0.6) is 0 Å². The summed E-state index contributed by atoms with van der Waals surface area (Å²) in [5.74, 6) is 0. The van der Waals surface area contributed by atoms with E-state index >= 15 is 0 Å². The van der Waals surface area contributed by atoms with Gasteiger partial charge in [-0.1, -0.05) is 140 Å². The van der Waals surface area contributed by atoms with Gasteiger partial charge in [-0.3, -0.25) is 0 Å². The highest BCUT2D eigenvalue weighted by atomic mass is 16.3. The summed E-state index contributed by atoms with van der Waals surface area (Å²) < 4.78 is 6.50. The third-order valence-corrected chi connectivity index (χ3v) is 10.0. The number of furan rings is 1. The Kier molecular flexibility index (Phi) is 6.53. The van der Waals surface area contributed by atoms with Crippen molar-refractivity contribution in [3.63, 3.8) is 0 Å². The van der Waals surface area contributed by atoms with Gasteiger partial charge in [0.1, 0.15) is 11.2 Å². The van der Waals surface area contributed by atoms with E-state index in [2.05, 4.69) is 193 Å². The minimum atomic E-state index is 0.904. The van der Waals surface area contributed by atoms with Crippen LogP contribution in [0.25, 0.3) is 76.5 Å². The summed E-state index contributed by atoms with van der Waals surface area (Å²) in [6, 6.07) is 67.5. The summed E-state index contributed by atoms with van der Waals surface area (Å²) >= 11 is 0. The fourth-order valence-electron chi connectivity index (χ4n) is 7.59. The lowest BCUT2D eigenvalue weighted by molar-refractivity contribution is 0.673. The molecule has 0 aliphatic rings. The predicted octanol–water partition coefficient (Wildman–Crippen LogP) is 13.8. The standard InChI is InChI=1S/C48H31NO/c1-2-12-37-31-38(20-19-32(37)9-1)33-21-26-39(27-22-33)49(45-17-7-13-34-10-3-5-14-41(34)45)40-28-23-36(24-29-40)42-16-8-18-46-47(42)44-30-25-35-11-4-6-15-43(35)48(44)50-46/h1-31H. The number of rotatable bonds is 5. The van der Waals surface area contributed by atoms with Crippen LogP contribution in [-0.4, -0.2) is 0 Å². The molecule has 234 valence electrons. The molecule has 2 heteroatoms. The molecule has 0 N–H and O–H groups in total. The Balaban J connectivity index is 1.09. The highest BCUT2D eigenvalue weighted by molar-refractivity contribution is 6.19. The van der Waals surface area contributed by atoms with Crippen molar-refractivity contribution in [3.05, 3.63) is 188 Å². The van der Waals surface area contributed by atoms with Gasteiger partial charge in [-0.05, 0) is 92.3 Å². The van der Waals surface area contributed by atoms with Gasteiger partial charge in [0.2, 0.25) is 0 Å². The maximum Gasteiger partial charge on any atom is 0.143 e. The molecule has 9 aromatic carbocycles. The maximum absolute atomic E-state index is 6.50. The van der Waals surface area contributed by atoms with Crippen LogP contribution in [0.2, 0.25) is 0 Å². The summed E-state index contributed by atoms with van der Waals surface area (Å²) in [4.78, 5) is 2.37. The van der Waals surface area contributed by atoms with E-state index in [0.29, 0.717) is 0 Å². The fraction of sp³-hybridized carbons (Fsp3) is 0. The van der Waals surface area contributed by atoms with Gasteiger partial charge < -0.3 is 9.32 Å². The first kappa shape index (κ1) is 28.4. The molecule has 1 heterocycles. The van der Waals surface area contributed by atoms with Crippen LogP contribution in [0.3, 0.4) is 0 Å². The zero-order chi connectivity index (χ0) is 33.0. The van der Waals surface area contributed by atoms with Crippen molar-refractivity contribution in [2.24, 2.45) is 0 Å². The second-order valence-electron chi connectivity index (χ2n) is 12.9. The molecule has 0 spiro atoms. The van der Waals surface area contributed by atoms with Crippen LogP contribution in [-0.2, 0) is 0 Å². The first-order chi connectivity index (χ1) is 24.8. The topological polar surface area (TPSA) is 16.4 Å². The first-order valence-corrected chi connectivity index (χ1v) is 17.1. The van der Waals surface area contributed by atoms with Crippen molar-refractivity contribution in [1.29, 1.82) is 0 Å². The van der Waals surface area contributed by atoms with Crippen LogP contribution in [0.15, 0.2) is 192 Å². The predicted molar refractivity (Wildman–Crippen MR) is 212 cm³/mol. The molecule has 0 aliphatic carbocycles. The summed E-state index contributed by atoms with van der Waals surface area (Å²) in [6.07, 6.45) is 0. The molecule has 0 fully saturated rings. The van der Waals surface area contributed by atoms with Gasteiger partial charge >= 0.3 is 0 Å². The van der Waals surface area contributed by atoms with Crippen molar-refractivity contribution >= 4 is 71.3 Å². The second-order valence-corrected chi connectivity index (χ2v) is 12.9. The van der Waals surface area contributed by atoms with E-state index in [9.17, 15) is 0 Å². The monoisotopic (exact) mass is 637 g/mol. The molecule has 10 rings (SSSR count). The number of anilines is 3.